The number of anilines is 1. The average Bonchev–Trinajstić information content (AvgIpc) is 3.51. The topological polar surface area (TPSA) is 102 Å². The first kappa shape index (κ1) is 22.7. The number of nitrogens with zero attached hydrogens (tertiary/aromatic N) is 2. The highest BCUT2D eigenvalue weighted by Crippen LogP contribution is 2.36. The Morgan fingerprint density at radius 1 is 1.12 bits per heavy atom. The first-order valence-electron chi connectivity index (χ1n) is 10.8. The summed E-state index contributed by atoms with van der Waals surface area (Å²) in [5, 5.41) is 5.32. The second-order valence-corrected chi connectivity index (χ2v) is 10.9. The van der Waals surface area contributed by atoms with Crippen molar-refractivity contribution in [2.45, 2.75) is 22.8 Å². The molecule has 0 atom stereocenters. The molecule has 1 fully saturated rings. The second kappa shape index (κ2) is 9.28. The Hall–Kier alpha value is -3.08. The van der Waals surface area contributed by atoms with Gasteiger partial charge >= 0.3 is 0 Å². The quantitative estimate of drug-likeness (QED) is 0.375. The van der Waals surface area contributed by atoms with E-state index in [0.717, 1.165) is 29.2 Å². The van der Waals surface area contributed by atoms with E-state index >= 15 is 0 Å². The molecule has 2 aromatic heterocycles. The molecule has 3 heterocycles. The van der Waals surface area contributed by atoms with Crippen molar-refractivity contribution in [2.24, 2.45) is 0 Å². The van der Waals surface area contributed by atoms with Crippen LogP contribution in [-0.4, -0.2) is 49.6 Å². The molecule has 0 spiro atoms. The lowest BCUT2D eigenvalue weighted by Gasteiger charge is -2.15. The van der Waals surface area contributed by atoms with Crippen molar-refractivity contribution in [3.63, 3.8) is 0 Å². The summed E-state index contributed by atoms with van der Waals surface area (Å²) in [6.07, 6.45) is 3.11. The summed E-state index contributed by atoms with van der Waals surface area (Å²) in [5.41, 5.74) is 1.93. The average molecular weight is 498 g/mol. The van der Waals surface area contributed by atoms with Gasteiger partial charge in [0, 0.05) is 36.1 Å². The summed E-state index contributed by atoms with van der Waals surface area (Å²) in [7, 11) is -1.95. The van der Waals surface area contributed by atoms with Crippen LogP contribution in [0.3, 0.4) is 0 Å². The fourth-order valence-corrected chi connectivity index (χ4v) is 6.13. The van der Waals surface area contributed by atoms with E-state index in [1.165, 1.54) is 22.3 Å². The minimum atomic E-state index is -3.50. The number of para-hydroxylation sites is 1. The van der Waals surface area contributed by atoms with Crippen molar-refractivity contribution in [1.29, 1.82) is 0 Å². The smallest absolute Gasteiger partial charge is 0.244 e. The van der Waals surface area contributed by atoms with Crippen molar-refractivity contribution in [3.8, 4) is 5.75 Å². The van der Waals surface area contributed by atoms with Crippen molar-refractivity contribution >= 4 is 55.3 Å². The Balaban J connectivity index is 1.27. The summed E-state index contributed by atoms with van der Waals surface area (Å²) in [6, 6.07) is 14.5. The molecule has 0 aliphatic carbocycles. The zero-order valence-electron chi connectivity index (χ0n) is 18.5. The number of methoxy groups -OCH3 is 1. The number of hydrogen-bond donors (Lipinski definition) is 1. The van der Waals surface area contributed by atoms with Gasteiger partial charge in [-0.3, -0.25) is 4.79 Å². The number of ether oxygens (including phenoxy) is 1. The van der Waals surface area contributed by atoms with E-state index in [0.29, 0.717) is 35.1 Å². The molecule has 34 heavy (non-hydrogen) atoms. The van der Waals surface area contributed by atoms with E-state index in [-0.39, 0.29) is 16.6 Å². The number of aromatic nitrogens is 1. The van der Waals surface area contributed by atoms with Crippen molar-refractivity contribution < 1.29 is 22.4 Å². The van der Waals surface area contributed by atoms with Gasteiger partial charge in [0.1, 0.15) is 21.8 Å². The van der Waals surface area contributed by atoms with E-state index in [1.54, 1.807) is 25.3 Å². The molecule has 1 amide bonds. The summed E-state index contributed by atoms with van der Waals surface area (Å²) < 4.78 is 38.1. The van der Waals surface area contributed by atoms with Crippen molar-refractivity contribution in [2.75, 3.05) is 31.3 Å². The first-order chi connectivity index (χ1) is 16.5. The predicted octanol–water partition coefficient (Wildman–Crippen LogP) is 4.50. The second-order valence-electron chi connectivity index (χ2n) is 7.93. The monoisotopic (exact) mass is 497 g/mol. The van der Waals surface area contributed by atoms with Crippen LogP contribution in [0, 0.1) is 0 Å². The van der Waals surface area contributed by atoms with Gasteiger partial charge in [-0.1, -0.05) is 30.0 Å². The van der Waals surface area contributed by atoms with Gasteiger partial charge in [-0.25, -0.2) is 13.4 Å². The van der Waals surface area contributed by atoms with Crippen LogP contribution in [0.2, 0.25) is 0 Å². The van der Waals surface area contributed by atoms with Crippen LogP contribution in [0.5, 0.6) is 5.75 Å². The van der Waals surface area contributed by atoms with Crippen LogP contribution in [-0.2, 0) is 14.8 Å². The van der Waals surface area contributed by atoms with Gasteiger partial charge in [0.15, 0.2) is 0 Å². The molecule has 1 aliphatic heterocycles. The first-order valence-corrected chi connectivity index (χ1v) is 13.3. The third-order valence-corrected chi connectivity index (χ3v) is 8.56. The van der Waals surface area contributed by atoms with Gasteiger partial charge in [-0.05, 0) is 37.1 Å². The van der Waals surface area contributed by atoms with Gasteiger partial charge in [0.2, 0.25) is 15.9 Å². The van der Waals surface area contributed by atoms with Gasteiger partial charge < -0.3 is 14.5 Å². The number of thioether (sulfide) groups is 1. The number of carbonyl (C=O) groups excluding carboxylic acids is 1. The SMILES string of the molecule is COc1cc2c(cc1NC(=O)CSc1ccc(S(=O)(=O)N3CCCC3)cn1)oc1ccccc12. The van der Waals surface area contributed by atoms with Crippen LogP contribution >= 0.6 is 11.8 Å². The molecule has 10 heteroatoms. The zero-order valence-corrected chi connectivity index (χ0v) is 20.1. The molecule has 4 aromatic rings. The van der Waals surface area contributed by atoms with E-state index in [1.807, 2.05) is 30.3 Å². The molecule has 1 N–H and O–H groups in total. The van der Waals surface area contributed by atoms with Crippen molar-refractivity contribution in [1.82, 2.24) is 9.29 Å². The Kier molecular flexibility index (Phi) is 6.20. The number of nitrogens with one attached hydrogen (secondary N) is 1. The molecule has 1 saturated heterocycles. The lowest BCUT2D eigenvalue weighted by atomic mass is 10.1. The third-order valence-electron chi connectivity index (χ3n) is 5.74. The normalized spacial score (nSPS) is 14.6. The molecule has 1 aliphatic rings. The predicted molar refractivity (Wildman–Crippen MR) is 132 cm³/mol. The molecule has 176 valence electrons. The van der Waals surface area contributed by atoms with Gasteiger partial charge in [0.05, 0.1) is 23.6 Å². The molecule has 0 saturated carbocycles. The number of hydrogen-bond acceptors (Lipinski definition) is 7. The Morgan fingerprint density at radius 3 is 2.65 bits per heavy atom. The molecule has 5 rings (SSSR count). The molecular weight excluding hydrogens is 474 g/mol. The molecule has 0 bridgehead atoms. The lowest BCUT2D eigenvalue weighted by Crippen LogP contribution is -2.27. The number of carbonyl (C=O) groups is 1. The minimum Gasteiger partial charge on any atom is -0.495 e. The van der Waals surface area contributed by atoms with Crippen LogP contribution in [0.4, 0.5) is 5.69 Å². The number of furan rings is 1. The molecule has 2 aromatic carbocycles. The molecule has 0 radical (unpaired) electrons. The maximum absolute atomic E-state index is 12.6. The number of amides is 1. The van der Waals surface area contributed by atoms with Gasteiger partial charge in [-0.15, -0.1) is 0 Å². The Labute approximate surface area is 201 Å². The highest BCUT2D eigenvalue weighted by molar-refractivity contribution is 7.99. The Morgan fingerprint density at radius 2 is 1.91 bits per heavy atom. The fraction of sp³-hybridized carbons (Fsp3) is 0.250. The number of sulfonamides is 1. The molecule has 8 nitrogen and oxygen atoms in total. The third kappa shape index (κ3) is 4.36. The Bertz CT molecular complexity index is 1460. The standard InChI is InChI=1S/C24H23N3O5S2/c1-31-22-12-18-17-6-2-3-7-20(17)32-21(18)13-19(22)26-23(28)15-33-24-9-8-16(14-25-24)34(29,30)27-10-4-5-11-27/h2-3,6-9,12-14H,4-5,10-11,15H2,1H3,(H,26,28). The van der Waals surface area contributed by atoms with E-state index < -0.39 is 10.0 Å². The van der Waals surface area contributed by atoms with E-state index in [9.17, 15) is 13.2 Å². The minimum absolute atomic E-state index is 0.104. The van der Waals surface area contributed by atoms with Gasteiger partial charge in [-0.2, -0.15) is 4.31 Å². The molecular formula is C24H23N3O5S2. The summed E-state index contributed by atoms with van der Waals surface area (Å²) in [5.74, 6) is 0.397. The summed E-state index contributed by atoms with van der Waals surface area (Å²) in [4.78, 5) is 17.0. The van der Waals surface area contributed by atoms with Crippen LogP contribution < -0.4 is 10.1 Å². The highest BCUT2D eigenvalue weighted by Gasteiger charge is 2.27. The number of pyridine rings is 1. The summed E-state index contributed by atoms with van der Waals surface area (Å²) >= 11 is 1.22. The maximum atomic E-state index is 12.6. The number of fused-ring (bicyclic) bond motifs is 3. The number of rotatable bonds is 7. The zero-order chi connectivity index (χ0) is 23.7. The van der Waals surface area contributed by atoms with Crippen LogP contribution in [0.25, 0.3) is 21.9 Å². The van der Waals surface area contributed by atoms with Crippen molar-refractivity contribution in [3.05, 3.63) is 54.7 Å². The number of benzene rings is 2. The van der Waals surface area contributed by atoms with Crippen LogP contribution in [0.1, 0.15) is 12.8 Å². The van der Waals surface area contributed by atoms with Gasteiger partial charge in [0.25, 0.3) is 0 Å². The lowest BCUT2D eigenvalue weighted by molar-refractivity contribution is -0.113. The molecule has 0 unspecified atom stereocenters. The summed E-state index contributed by atoms with van der Waals surface area (Å²) in [6.45, 7) is 1.09. The highest BCUT2D eigenvalue weighted by atomic mass is 32.2. The largest absolute Gasteiger partial charge is 0.495 e. The maximum Gasteiger partial charge on any atom is 0.244 e. The van der Waals surface area contributed by atoms with Crippen LogP contribution in [0.15, 0.2) is 69.1 Å². The fourth-order valence-electron chi connectivity index (χ4n) is 4.03. The van der Waals surface area contributed by atoms with E-state index in [4.69, 9.17) is 9.15 Å². The van der Waals surface area contributed by atoms with E-state index in [2.05, 4.69) is 10.3 Å².